The van der Waals surface area contributed by atoms with Crippen molar-refractivity contribution in [3.8, 4) is 0 Å². The minimum atomic E-state index is -0.279. The summed E-state index contributed by atoms with van der Waals surface area (Å²) in [6.45, 7) is 3.63. The molecule has 0 radical (unpaired) electrons. The first-order valence-corrected chi connectivity index (χ1v) is 9.41. The molecule has 0 spiro atoms. The highest BCUT2D eigenvalue weighted by molar-refractivity contribution is 5.94. The molecule has 3 heterocycles. The third-order valence-electron chi connectivity index (χ3n) is 6.36. The number of amides is 1. The number of aromatic nitrogens is 1. The Morgan fingerprint density at radius 1 is 1.16 bits per heavy atom. The lowest BCUT2D eigenvalue weighted by atomic mass is 9.77. The van der Waals surface area contributed by atoms with Gasteiger partial charge in [0.1, 0.15) is 0 Å². The molecule has 1 saturated carbocycles. The van der Waals surface area contributed by atoms with E-state index in [-0.39, 0.29) is 23.6 Å². The van der Waals surface area contributed by atoms with Gasteiger partial charge in [-0.25, -0.2) is 0 Å². The van der Waals surface area contributed by atoms with Crippen molar-refractivity contribution >= 4 is 5.91 Å². The Bertz CT molecular complexity index is 710. The fraction of sp³-hybridized carbons (Fsp3) is 0.684. The highest BCUT2D eigenvalue weighted by Gasteiger charge is 2.44. The number of nitrogens with zero attached hydrogens (tertiary/aromatic N) is 3. The fourth-order valence-electron chi connectivity index (χ4n) is 4.90. The van der Waals surface area contributed by atoms with E-state index in [9.17, 15) is 14.7 Å². The lowest BCUT2D eigenvalue weighted by Gasteiger charge is -2.40. The number of aliphatic hydroxyl groups excluding tert-OH is 1. The predicted molar refractivity (Wildman–Crippen MR) is 94.4 cm³/mol. The molecule has 1 aliphatic carbocycles. The van der Waals surface area contributed by atoms with Crippen LogP contribution in [0.4, 0.5) is 0 Å². The Balaban J connectivity index is 1.46. The van der Waals surface area contributed by atoms with Gasteiger partial charge in [0.15, 0.2) is 0 Å². The molecular formula is C19H27N3O3. The van der Waals surface area contributed by atoms with Gasteiger partial charge >= 0.3 is 0 Å². The van der Waals surface area contributed by atoms with E-state index in [1.165, 1.54) is 23.5 Å². The van der Waals surface area contributed by atoms with Crippen molar-refractivity contribution in [1.82, 2.24) is 14.4 Å². The number of carbonyl (C=O) groups is 1. The second-order valence-electron chi connectivity index (χ2n) is 7.94. The van der Waals surface area contributed by atoms with Crippen molar-refractivity contribution in [2.45, 2.75) is 37.8 Å². The summed E-state index contributed by atoms with van der Waals surface area (Å²) in [4.78, 5) is 28.9. The smallest absolute Gasteiger partial charge is 0.254 e. The van der Waals surface area contributed by atoms with Gasteiger partial charge < -0.3 is 14.6 Å². The minimum absolute atomic E-state index is 0.0562. The van der Waals surface area contributed by atoms with Gasteiger partial charge in [-0.1, -0.05) is 0 Å². The van der Waals surface area contributed by atoms with Crippen molar-refractivity contribution in [3.63, 3.8) is 0 Å². The van der Waals surface area contributed by atoms with Gasteiger partial charge in [0, 0.05) is 44.0 Å². The monoisotopic (exact) mass is 345 g/mol. The summed E-state index contributed by atoms with van der Waals surface area (Å²) in [5, 5.41) is 10.6. The van der Waals surface area contributed by atoms with Crippen LogP contribution in [0.3, 0.4) is 0 Å². The largest absolute Gasteiger partial charge is 0.391 e. The molecule has 6 heteroatoms. The summed E-state index contributed by atoms with van der Waals surface area (Å²) < 4.78 is 1.47. The first-order chi connectivity index (χ1) is 12.0. The van der Waals surface area contributed by atoms with Crippen molar-refractivity contribution in [1.29, 1.82) is 0 Å². The molecule has 4 atom stereocenters. The van der Waals surface area contributed by atoms with Crippen LogP contribution in [0.25, 0.3) is 0 Å². The van der Waals surface area contributed by atoms with Crippen LogP contribution < -0.4 is 5.56 Å². The van der Waals surface area contributed by atoms with Crippen molar-refractivity contribution < 1.29 is 9.90 Å². The SMILES string of the molecule is Cn1ccc(C(=O)N2C[C@H]3C[C@@H](N4CCCC4)[C@H](O)C[C@H]3C2)cc1=O. The van der Waals surface area contributed by atoms with E-state index < -0.39 is 0 Å². The summed E-state index contributed by atoms with van der Waals surface area (Å²) in [6.07, 6.45) is 5.58. The molecule has 2 aliphatic heterocycles. The van der Waals surface area contributed by atoms with Gasteiger partial charge in [0.05, 0.1) is 6.10 Å². The number of pyridine rings is 1. The van der Waals surface area contributed by atoms with E-state index in [4.69, 9.17) is 0 Å². The van der Waals surface area contributed by atoms with Crippen LogP contribution in [0.2, 0.25) is 0 Å². The third-order valence-corrected chi connectivity index (χ3v) is 6.36. The molecule has 1 N–H and O–H groups in total. The normalized spacial score (nSPS) is 32.8. The molecule has 3 aliphatic rings. The lowest BCUT2D eigenvalue weighted by molar-refractivity contribution is -0.000864. The lowest BCUT2D eigenvalue weighted by Crippen LogP contribution is -2.48. The predicted octanol–water partition coefficient (Wildman–Crippen LogP) is 0.693. The Kier molecular flexibility index (Phi) is 4.41. The fourth-order valence-corrected chi connectivity index (χ4v) is 4.90. The highest BCUT2D eigenvalue weighted by atomic mass is 16.3. The average molecular weight is 345 g/mol. The second-order valence-corrected chi connectivity index (χ2v) is 7.94. The molecule has 6 nitrogen and oxygen atoms in total. The van der Waals surface area contributed by atoms with Gasteiger partial charge in [0.25, 0.3) is 11.5 Å². The average Bonchev–Trinajstić information content (AvgIpc) is 3.25. The van der Waals surface area contributed by atoms with Gasteiger partial charge in [-0.2, -0.15) is 0 Å². The number of likely N-dealkylation sites (tertiary alicyclic amines) is 2. The van der Waals surface area contributed by atoms with Gasteiger partial charge in [-0.05, 0) is 56.7 Å². The molecule has 2 saturated heterocycles. The number of fused-ring (bicyclic) bond motifs is 1. The maximum absolute atomic E-state index is 12.8. The Hall–Kier alpha value is -1.66. The summed E-state index contributed by atoms with van der Waals surface area (Å²) >= 11 is 0. The molecule has 0 bridgehead atoms. The maximum Gasteiger partial charge on any atom is 0.254 e. The molecule has 1 amide bonds. The van der Waals surface area contributed by atoms with E-state index in [1.807, 2.05) is 4.90 Å². The molecule has 136 valence electrons. The van der Waals surface area contributed by atoms with E-state index in [1.54, 1.807) is 19.3 Å². The topological polar surface area (TPSA) is 65.8 Å². The minimum Gasteiger partial charge on any atom is -0.391 e. The van der Waals surface area contributed by atoms with E-state index in [2.05, 4.69) is 4.90 Å². The van der Waals surface area contributed by atoms with Crippen LogP contribution in [-0.4, -0.2) is 63.7 Å². The number of hydrogen-bond donors (Lipinski definition) is 1. The maximum atomic E-state index is 12.8. The zero-order valence-electron chi connectivity index (χ0n) is 14.8. The van der Waals surface area contributed by atoms with Crippen LogP contribution in [0.1, 0.15) is 36.0 Å². The van der Waals surface area contributed by atoms with Crippen LogP contribution >= 0.6 is 0 Å². The number of rotatable bonds is 2. The number of aryl methyl sites for hydroxylation is 1. The summed E-state index contributed by atoms with van der Waals surface area (Å²) in [6, 6.07) is 3.39. The second kappa shape index (κ2) is 6.57. The summed E-state index contributed by atoms with van der Waals surface area (Å²) in [7, 11) is 1.68. The van der Waals surface area contributed by atoms with Crippen LogP contribution in [0.5, 0.6) is 0 Å². The van der Waals surface area contributed by atoms with Crippen molar-refractivity contribution in [2.75, 3.05) is 26.2 Å². The molecule has 25 heavy (non-hydrogen) atoms. The van der Waals surface area contributed by atoms with Gasteiger partial charge in [-0.3, -0.25) is 14.5 Å². The summed E-state index contributed by atoms with van der Waals surface area (Å²) in [5.41, 5.74) is 0.311. The zero-order chi connectivity index (χ0) is 17.6. The molecule has 4 rings (SSSR count). The Morgan fingerprint density at radius 2 is 1.84 bits per heavy atom. The van der Waals surface area contributed by atoms with Crippen molar-refractivity contribution in [3.05, 3.63) is 34.2 Å². The molecule has 1 aromatic heterocycles. The van der Waals surface area contributed by atoms with E-state index in [0.29, 0.717) is 23.9 Å². The zero-order valence-corrected chi connectivity index (χ0v) is 14.8. The van der Waals surface area contributed by atoms with Crippen LogP contribution in [0.15, 0.2) is 23.1 Å². The first kappa shape index (κ1) is 16.8. The number of carbonyl (C=O) groups excluding carboxylic acids is 1. The number of aliphatic hydroxyl groups is 1. The Morgan fingerprint density at radius 3 is 2.52 bits per heavy atom. The van der Waals surface area contributed by atoms with Gasteiger partial charge in [0.2, 0.25) is 0 Å². The molecule has 0 unspecified atom stereocenters. The van der Waals surface area contributed by atoms with E-state index in [0.717, 1.165) is 32.5 Å². The van der Waals surface area contributed by atoms with Gasteiger partial charge in [-0.15, -0.1) is 0 Å². The van der Waals surface area contributed by atoms with Crippen LogP contribution in [-0.2, 0) is 7.05 Å². The third kappa shape index (κ3) is 3.13. The quantitative estimate of drug-likeness (QED) is 0.857. The number of hydrogen-bond acceptors (Lipinski definition) is 4. The summed E-state index contributed by atoms with van der Waals surface area (Å²) in [5.74, 6) is 0.785. The molecular weight excluding hydrogens is 318 g/mol. The molecule has 0 aromatic carbocycles. The Labute approximate surface area is 148 Å². The molecule has 3 fully saturated rings. The van der Waals surface area contributed by atoms with E-state index >= 15 is 0 Å². The standard InChI is InChI=1S/C19H27N3O3/c1-20-7-4-13(10-18(20)24)19(25)22-11-14-8-16(21-5-2-3-6-21)17(23)9-15(14)12-22/h4,7,10,14-17,23H,2-3,5-6,8-9,11-12H2,1H3/t14-,15+,16-,17-/m1/s1. The van der Waals surface area contributed by atoms with Crippen LogP contribution in [0, 0.1) is 11.8 Å². The molecule has 1 aromatic rings. The first-order valence-electron chi connectivity index (χ1n) is 9.41. The van der Waals surface area contributed by atoms with Crippen molar-refractivity contribution in [2.24, 2.45) is 18.9 Å². The highest BCUT2D eigenvalue weighted by Crippen LogP contribution is 2.39.